The first kappa shape index (κ1) is 11.9. The highest BCUT2D eigenvalue weighted by molar-refractivity contribution is 5.41. The van der Waals surface area contributed by atoms with Gasteiger partial charge in [-0.05, 0) is 43.3 Å². The second-order valence-corrected chi connectivity index (χ2v) is 3.47. The van der Waals surface area contributed by atoms with Crippen LogP contribution in [0.1, 0.15) is 12.6 Å². The van der Waals surface area contributed by atoms with Crippen molar-refractivity contribution in [2.24, 2.45) is 0 Å². The van der Waals surface area contributed by atoms with Crippen LogP contribution >= 0.6 is 0 Å². The predicted octanol–water partition coefficient (Wildman–Crippen LogP) is 3.14. The van der Waals surface area contributed by atoms with Gasteiger partial charge in [0.05, 0.1) is 6.61 Å². The summed E-state index contributed by atoms with van der Waals surface area (Å²) in [5, 5.41) is 8.90. The molecule has 18 heavy (non-hydrogen) atoms. The zero-order valence-corrected chi connectivity index (χ0v) is 9.96. The molecule has 0 spiro atoms. The standard InChI is InChI=1S/C14H12N2O2/c1-2-17-11-5-7-12(8-6-11)18-14-4-3-9-16-13(14)10-15/h3-9H,2H2,1H3. The Balaban J connectivity index is 2.16. The molecule has 1 heterocycles. The SMILES string of the molecule is CCOc1ccc(Oc2cccnc2C#N)cc1. The summed E-state index contributed by atoms with van der Waals surface area (Å²) in [5.74, 6) is 1.88. The number of hydrogen-bond donors (Lipinski definition) is 0. The zero-order valence-electron chi connectivity index (χ0n) is 9.96. The first-order chi connectivity index (χ1) is 8.83. The molecule has 0 atom stereocenters. The van der Waals surface area contributed by atoms with Crippen molar-refractivity contribution in [2.75, 3.05) is 6.61 Å². The maximum atomic E-state index is 8.90. The van der Waals surface area contributed by atoms with Gasteiger partial charge in [-0.1, -0.05) is 0 Å². The fraction of sp³-hybridized carbons (Fsp3) is 0.143. The van der Waals surface area contributed by atoms with Crippen molar-refractivity contribution in [1.82, 2.24) is 4.98 Å². The number of nitriles is 1. The third-order valence-electron chi connectivity index (χ3n) is 2.24. The molecule has 1 aromatic heterocycles. The quantitative estimate of drug-likeness (QED) is 0.823. The van der Waals surface area contributed by atoms with Gasteiger partial charge in [0.25, 0.3) is 0 Å². The van der Waals surface area contributed by atoms with E-state index in [4.69, 9.17) is 14.7 Å². The molecule has 0 saturated heterocycles. The first-order valence-corrected chi connectivity index (χ1v) is 5.59. The highest BCUT2D eigenvalue weighted by atomic mass is 16.5. The molecule has 2 aromatic rings. The lowest BCUT2D eigenvalue weighted by molar-refractivity contribution is 0.339. The van der Waals surface area contributed by atoms with Crippen molar-refractivity contribution in [3.05, 3.63) is 48.3 Å². The van der Waals surface area contributed by atoms with Gasteiger partial charge in [-0.2, -0.15) is 5.26 Å². The van der Waals surface area contributed by atoms with Gasteiger partial charge in [-0.3, -0.25) is 0 Å². The maximum absolute atomic E-state index is 8.90. The minimum atomic E-state index is 0.270. The zero-order chi connectivity index (χ0) is 12.8. The molecule has 4 nitrogen and oxygen atoms in total. The monoisotopic (exact) mass is 240 g/mol. The van der Waals surface area contributed by atoms with E-state index in [0.29, 0.717) is 18.1 Å². The molecular weight excluding hydrogens is 228 g/mol. The lowest BCUT2D eigenvalue weighted by Crippen LogP contribution is -1.92. The molecule has 0 bridgehead atoms. The Kier molecular flexibility index (Phi) is 3.77. The van der Waals surface area contributed by atoms with Gasteiger partial charge < -0.3 is 9.47 Å². The van der Waals surface area contributed by atoms with Gasteiger partial charge in [0.1, 0.15) is 17.6 Å². The van der Waals surface area contributed by atoms with Gasteiger partial charge in [-0.15, -0.1) is 0 Å². The minimum Gasteiger partial charge on any atom is -0.494 e. The Labute approximate surface area is 105 Å². The molecule has 0 N–H and O–H groups in total. The van der Waals surface area contributed by atoms with Crippen LogP contribution < -0.4 is 9.47 Å². The van der Waals surface area contributed by atoms with Gasteiger partial charge in [0.15, 0.2) is 11.4 Å². The van der Waals surface area contributed by atoms with Crippen LogP contribution in [-0.4, -0.2) is 11.6 Å². The van der Waals surface area contributed by atoms with Crippen LogP contribution in [0, 0.1) is 11.3 Å². The smallest absolute Gasteiger partial charge is 0.183 e. The van der Waals surface area contributed by atoms with Gasteiger partial charge in [0.2, 0.25) is 0 Å². The number of pyridine rings is 1. The van der Waals surface area contributed by atoms with Crippen molar-refractivity contribution in [1.29, 1.82) is 5.26 Å². The van der Waals surface area contributed by atoms with Crippen molar-refractivity contribution < 1.29 is 9.47 Å². The summed E-state index contributed by atoms with van der Waals surface area (Å²) in [4.78, 5) is 3.93. The van der Waals surface area contributed by atoms with Crippen LogP contribution in [0.2, 0.25) is 0 Å². The van der Waals surface area contributed by atoms with E-state index in [9.17, 15) is 0 Å². The molecule has 4 heteroatoms. The van der Waals surface area contributed by atoms with Gasteiger partial charge in [-0.25, -0.2) is 4.98 Å². The van der Waals surface area contributed by atoms with Crippen LogP contribution in [-0.2, 0) is 0 Å². The molecule has 0 radical (unpaired) electrons. The van der Waals surface area contributed by atoms with Crippen molar-refractivity contribution in [3.8, 4) is 23.3 Å². The molecular formula is C14H12N2O2. The number of benzene rings is 1. The van der Waals surface area contributed by atoms with Gasteiger partial charge >= 0.3 is 0 Å². The average Bonchev–Trinajstić information content (AvgIpc) is 2.42. The van der Waals surface area contributed by atoms with Crippen molar-refractivity contribution >= 4 is 0 Å². The van der Waals surface area contributed by atoms with E-state index < -0.39 is 0 Å². The lowest BCUT2D eigenvalue weighted by Gasteiger charge is -2.07. The summed E-state index contributed by atoms with van der Waals surface area (Å²) in [6.07, 6.45) is 1.56. The molecule has 0 aliphatic carbocycles. The summed E-state index contributed by atoms with van der Waals surface area (Å²) in [6.45, 7) is 2.56. The summed E-state index contributed by atoms with van der Waals surface area (Å²) in [5.41, 5.74) is 0.270. The van der Waals surface area contributed by atoms with E-state index in [-0.39, 0.29) is 5.69 Å². The lowest BCUT2D eigenvalue weighted by atomic mass is 10.3. The van der Waals surface area contributed by atoms with Crippen molar-refractivity contribution in [3.63, 3.8) is 0 Å². The second-order valence-electron chi connectivity index (χ2n) is 3.47. The van der Waals surface area contributed by atoms with Gasteiger partial charge in [0, 0.05) is 6.20 Å². The maximum Gasteiger partial charge on any atom is 0.183 e. The summed E-state index contributed by atoms with van der Waals surface area (Å²) in [7, 11) is 0. The fourth-order valence-corrected chi connectivity index (χ4v) is 1.45. The molecule has 0 aliphatic heterocycles. The molecule has 0 aliphatic rings. The summed E-state index contributed by atoms with van der Waals surface area (Å²) >= 11 is 0. The topological polar surface area (TPSA) is 55.1 Å². The van der Waals surface area contributed by atoms with E-state index >= 15 is 0 Å². The van der Waals surface area contributed by atoms with Crippen LogP contribution in [0.5, 0.6) is 17.2 Å². The molecule has 0 saturated carbocycles. The fourth-order valence-electron chi connectivity index (χ4n) is 1.45. The largest absolute Gasteiger partial charge is 0.494 e. The Hall–Kier alpha value is -2.54. The summed E-state index contributed by atoms with van der Waals surface area (Å²) < 4.78 is 10.9. The Bertz CT molecular complexity index is 559. The molecule has 2 rings (SSSR count). The molecule has 0 fully saturated rings. The van der Waals surface area contributed by atoms with E-state index in [1.54, 1.807) is 30.5 Å². The first-order valence-electron chi connectivity index (χ1n) is 5.59. The third-order valence-corrected chi connectivity index (χ3v) is 2.24. The van der Waals surface area contributed by atoms with E-state index in [1.165, 1.54) is 0 Å². The second kappa shape index (κ2) is 5.69. The van der Waals surface area contributed by atoms with Crippen molar-refractivity contribution in [2.45, 2.75) is 6.92 Å². The van der Waals surface area contributed by atoms with Crippen LogP contribution in [0.15, 0.2) is 42.6 Å². The molecule has 90 valence electrons. The molecule has 1 aromatic carbocycles. The number of hydrogen-bond acceptors (Lipinski definition) is 4. The predicted molar refractivity (Wildman–Crippen MR) is 66.6 cm³/mol. The normalized spacial score (nSPS) is 9.56. The highest BCUT2D eigenvalue weighted by Crippen LogP contribution is 2.25. The number of aromatic nitrogens is 1. The van der Waals surface area contributed by atoms with E-state index in [2.05, 4.69) is 4.98 Å². The van der Waals surface area contributed by atoms with Crippen LogP contribution in [0.25, 0.3) is 0 Å². The number of ether oxygens (including phenoxy) is 2. The Morgan fingerprint density at radius 1 is 1.17 bits per heavy atom. The molecule has 0 unspecified atom stereocenters. The van der Waals surface area contributed by atoms with E-state index in [1.807, 2.05) is 25.1 Å². The Morgan fingerprint density at radius 2 is 1.89 bits per heavy atom. The number of nitrogens with zero attached hydrogens (tertiary/aromatic N) is 2. The summed E-state index contributed by atoms with van der Waals surface area (Å²) in [6, 6.07) is 12.6. The number of rotatable bonds is 4. The van der Waals surface area contributed by atoms with E-state index in [0.717, 1.165) is 5.75 Å². The molecule has 0 amide bonds. The van der Waals surface area contributed by atoms with Crippen LogP contribution in [0.4, 0.5) is 0 Å². The minimum absolute atomic E-state index is 0.270. The third kappa shape index (κ3) is 2.77. The highest BCUT2D eigenvalue weighted by Gasteiger charge is 2.04. The Morgan fingerprint density at radius 3 is 2.56 bits per heavy atom. The van der Waals surface area contributed by atoms with Crippen LogP contribution in [0.3, 0.4) is 0 Å². The average molecular weight is 240 g/mol.